The molecule has 0 radical (unpaired) electrons. The van der Waals surface area contributed by atoms with Crippen molar-refractivity contribution >= 4 is 38.1 Å². The second-order valence-corrected chi connectivity index (χ2v) is 12.4. The molecule has 16 heteroatoms. The van der Waals surface area contributed by atoms with E-state index in [-0.39, 0.29) is 10.8 Å². The topological polar surface area (TPSA) is 196 Å². The summed E-state index contributed by atoms with van der Waals surface area (Å²) in [7, 11) is -9.49. The smallest absolute Gasteiger partial charge is 0.340 e. The van der Waals surface area contributed by atoms with Crippen molar-refractivity contribution in [2.24, 2.45) is 0 Å². The molecule has 6 N–H and O–H groups in total. The monoisotopic (exact) mass is 548 g/mol. The first kappa shape index (κ1) is 26.2. The van der Waals surface area contributed by atoms with Crippen LogP contribution in [-0.2, 0) is 30.5 Å². The molecule has 0 amide bonds. The van der Waals surface area contributed by atoms with E-state index >= 15 is 0 Å². The number of fused-ring (bicyclic) bond motifs is 1. The van der Waals surface area contributed by atoms with Crippen molar-refractivity contribution in [1.82, 2.24) is 14.6 Å². The van der Waals surface area contributed by atoms with Crippen LogP contribution in [0.5, 0.6) is 0 Å². The summed E-state index contributed by atoms with van der Waals surface area (Å²) in [4.78, 5) is 31.7. The number of anilines is 1. The molecule has 4 rings (SSSR count). The second-order valence-electron chi connectivity index (χ2n) is 8.06. The first-order valence-electron chi connectivity index (χ1n) is 10.2. The molecule has 0 aliphatic carbocycles. The molecule has 35 heavy (non-hydrogen) atoms. The predicted octanol–water partition coefficient (Wildman–Crippen LogP) is 1.28. The Labute approximate surface area is 204 Å². The number of halogens is 1. The molecule has 4 atom stereocenters. The summed E-state index contributed by atoms with van der Waals surface area (Å²) >= 11 is 6.19. The van der Waals surface area contributed by atoms with E-state index in [2.05, 4.69) is 15.4 Å². The van der Waals surface area contributed by atoms with Crippen molar-refractivity contribution in [3.05, 3.63) is 59.0 Å². The molecule has 1 saturated heterocycles. The first-order chi connectivity index (χ1) is 16.4. The lowest BCUT2D eigenvalue weighted by Crippen LogP contribution is -2.43. The van der Waals surface area contributed by atoms with Crippen LogP contribution in [0.3, 0.4) is 0 Å². The van der Waals surface area contributed by atoms with Crippen LogP contribution in [0.25, 0.3) is 5.65 Å². The summed E-state index contributed by atoms with van der Waals surface area (Å²) in [6.07, 6.45) is -1.64. The van der Waals surface area contributed by atoms with Crippen LogP contribution < -0.4 is 5.32 Å². The van der Waals surface area contributed by atoms with Crippen molar-refractivity contribution in [1.29, 1.82) is 0 Å². The van der Waals surface area contributed by atoms with Crippen LogP contribution in [0, 0.1) is 0 Å². The minimum Gasteiger partial charge on any atom is -0.387 e. The number of nitrogens with zero attached hydrogens (tertiary/aromatic N) is 3. The van der Waals surface area contributed by atoms with E-state index in [9.17, 15) is 24.2 Å². The predicted molar refractivity (Wildman–Crippen MR) is 124 cm³/mol. The molecular weight excluding hydrogens is 526 g/mol. The largest absolute Gasteiger partial charge is 0.387 e. The van der Waals surface area contributed by atoms with Crippen LogP contribution in [0.1, 0.15) is 11.3 Å². The fraction of sp³-hybridized carbons (Fsp3) is 0.368. The lowest BCUT2D eigenvalue weighted by atomic mass is 9.93. The number of imidazole rings is 1. The molecule has 0 bridgehead atoms. The molecular formula is C19H23ClN4O9P2. The van der Waals surface area contributed by atoms with Gasteiger partial charge in [-0.3, -0.25) is 9.13 Å². The van der Waals surface area contributed by atoms with Gasteiger partial charge in [-0.1, -0.05) is 41.9 Å². The summed E-state index contributed by atoms with van der Waals surface area (Å²) in [5, 5.41) is 29.5. The highest BCUT2D eigenvalue weighted by Crippen LogP contribution is 2.55. The van der Waals surface area contributed by atoms with Gasteiger partial charge in [-0.25, -0.2) is 9.50 Å². The second kappa shape index (κ2) is 9.87. The maximum absolute atomic E-state index is 11.9. The number of hydrogen-bond acceptors (Lipinski definition) is 9. The van der Waals surface area contributed by atoms with Gasteiger partial charge in [0.1, 0.15) is 12.2 Å². The third-order valence-electron chi connectivity index (χ3n) is 5.37. The zero-order valence-corrected chi connectivity index (χ0v) is 20.6. The maximum Gasteiger partial charge on any atom is 0.340 e. The number of nitrogens with one attached hydrogen (secondary N) is 1. The number of benzene rings is 1. The molecule has 1 aliphatic rings. The molecule has 1 fully saturated rings. The van der Waals surface area contributed by atoms with E-state index < -0.39 is 52.1 Å². The van der Waals surface area contributed by atoms with Crippen molar-refractivity contribution in [2.45, 2.75) is 24.4 Å². The molecule has 1 aliphatic heterocycles. The Kier molecular flexibility index (Phi) is 7.38. The standard InChI is InChI=1S/C19H23ClN4O9P2/c20-16-6-13(21-7-12-4-2-1-3-5-12)18-22-8-15(24(18)23-16)19(26)10-32-14(17(19)25)9-33-35(30,31)11-34(27,28)29/h1-6,8,14,17,21,25-26H,7,9-11H2,(H,30,31)(H2,27,28,29)/t14-,17-,19-/m1/s1. The minimum absolute atomic E-state index is 0.0511. The molecule has 3 aromatic rings. The fourth-order valence-electron chi connectivity index (χ4n) is 3.70. The SMILES string of the molecule is O=P(O)(O)CP(=O)(O)OC[C@H]1OC[C@@](O)(c2cnc3c(NCc4ccccc4)cc(Cl)nn23)[C@@H]1O. The zero-order chi connectivity index (χ0) is 25.4. The summed E-state index contributed by atoms with van der Waals surface area (Å²) < 4.78 is 34.3. The van der Waals surface area contributed by atoms with E-state index in [4.69, 9.17) is 30.6 Å². The van der Waals surface area contributed by atoms with E-state index in [0.717, 1.165) is 5.56 Å². The number of aromatic nitrogens is 3. The van der Waals surface area contributed by atoms with Gasteiger partial charge < -0.3 is 39.5 Å². The fourth-order valence-corrected chi connectivity index (χ4v) is 6.46. The van der Waals surface area contributed by atoms with Crippen molar-refractivity contribution in [2.75, 3.05) is 24.4 Å². The van der Waals surface area contributed by atoms with E-state index in [1.807, 2.05) is 30.3 Å². The molecule has 3 heterocycles. The molecule has 0 saturated carbocycles. The van der Waals surface area contributed by atoms with Gasteiger partial charge in [-0.2, -0.15) is 5.10 Å². The maximum atomic E-state index is 11.9. The van der Waals surface area contributed by atoms with Crippen LogP contribution in [0.4, 0.5) is 5.69 Å². The van der Waals surface area contributed by atoms with Gasteiger partial charge in [0, 0.05) is 12.6 Å². The zero-order valence-electron chi connectivity index (χ0n) is 18.0. The van der Waals surface area contributed by atoms with Gasteiger partial charge >= 0.3 is 15.2 Å². The van der Waals surface area contributed by atoms with Crippen LogP contribution in [-0.4, -0.2) is 70.8 Å². The molecule has 2 aromatic heterocycles. The third-order valence-corrected chi connectivity index (χ3v) is 9.01. The highest BCUT2D eigenvalue weighted by Gasteiger charge is 2.52. The Morgan fingerprint density at radius 2 is 1.97 bits per heavy atom. The number of hydrogen-bond donors (Lipinski definition) is 6. The summed E-state index contributed by atoms with van der Waals surface area (Å²) in [6.45, 7) is -0.679. The molecule has 13 nitrogen and oxygen atoms in total. The first-order valence-corrected chi connectivity index (χ1v) is 14.2. The van der Waals surface area contributed by atoms with E-state index in [1.54, 1.807) is 6.07 Å². The summed E-state index contributed by atoms with van der Waals surface area (Å²) in [5.41, 5.74) is -0.135. The third kappa shape index (κ3) is 5.92. The van der Waals surface area contributed by atoms with Gasteiger partial charge in [0.05, 0.1) is 30.8 Å². The van der Waals surface area contributed by atoms with Crippen LogP contribution in [0.15, 0.2) is 42.6 Å². The van der Waals surface area contributed by atoms with Crippen molar-refractivity contribution < 1.29 is 43.3 Å². The van der Waals surface area contributed by atoms with E-state index in [1.165, 1.54) is 10.7 Å². The van der Waals surface area contributed by atoms with E-state index in [0.29, 0.717) is 17.9 Å². The minimum atomic E-state index is -4.82. The molecule has 190 valence electrons. The quantitative estimate of drug-likeness (QED) is 0.210. The number of aliphatic hydroxyl groups is 2. The Morgan fingerprint density at radius 1 is 1.26 bits per heavy atom. The molecule has 0 spiro atoms. The van der Waals surface area contributed by atoms with Crippen molar-refractivity contribution in [3.63, 3.8) is 0 Å². The van der Waals surface area contributed by atoms with Gasteiger partial charge in [0.2, 0.25) is 0 Å². The number of rotatable bonds is 9. The van der Waals surface area contributed by atoms with Crippen LogP contribution >= 0.6 is 26.8 Å². The molecule has 1 aromatic carbocycles. The van der Waals surface area contributed by atoms with Gasteiger partial charge in [0.25, 0.3) is 0 Å². The summed E-state index contributed by atoms with van der Waals surface area (Å²) in [5.74, 6) is -1.39. The van der Waals surface area contributed by atoms with Gasteiger partial charge in [-0.05, 0) is 5.56 Å². The Balaban J connectivity index is 1.54. The van der Waals surface area contributed by atoms with Gasteiger partial charge in [0.15, 0.2) is 22.3 Å². The number of ether oxygens (including phenoxy) is 1. The highest BCUT2D eigenvalue weighted by molar-refractivity contribution is 7.70. The molecule has 1 unspecified atom stereocenters. The summed E-state index contributed by atoms with van der Waals surface area (Å²) in [6, 6.07) is 11.1. The van der Waals surface area contributed by atoms with Gasteiger partial charge in [-0.15, -0.1) is 0 Å². The average Bonchev–Trinajstić information content (AvgIpc) is 3.32. The lowest BCUT2D eigenvalue weighted by molar-refractivity contribution is -0.0624. The lowest BCUT2D eigenvalue weighted by Gasteiger charge is -2.26. The Morgan fingerprint density at radius 3 is 2.66 bits per heavy atom. The number of aliphatic hydroxyl groups excluding tert-OH is 1. The Hall–Kier alpha value is -1.89. The Bertz CT molecular complexity index is 1300. The van der Waals surface area contributed by atoms with Crippen LogP contribution in [0.2, 0.25) is 5.15 Å². The van der Waals surface area contributed by atoms with Crippen molar-refractivity contribution in [3.8, 4) is 0 Å². The normalized spacial score (nSPS) is 24.5. The highest BCUT2D eigenvalue weighted by atomic mass is 35.5. The average molecular weight is 549 g/mol.